The van der Waals surface area contributed by atoms with E-state index < -0.39 is 7.14 Å². The third kappa shape index (κ3) is 2.46. The summed E-state index contributed by atoms with van der Waals surface area (Å²) in [7, 11) is -2.73. The molecule has 0 fully saturated rings. The van der Waals surface area contributed by atoms with E-state index in [1.807, 2.05) is 66.7 Å². The van der Waals surface area contributed by atoms with E-state index in [1.54, 1.807) is 0 Å². The van der Waals surface area contributed by atoms with Crippen molar-refractivity contribution in [1.82, 2.24) is 0 Å². The third-order valence-electron chi connectivity index (χ3n) is 4.72. The molecule has 0 saturated heterocycles. The lowest BCUT2D eigenvalue weighted by molar-refractivity contribution is 0.581. The summed E-state index contributed by atoms with van der Waals surface area (Å²) in [5.74, 6) is 0. The summed E-state index contributed by atoms with van der Waals surface area (Å²) in [6.45, 7) is 0. The van der Waals surface area contributed by atoms with Crippen LogP contribution in [-0.4, -0.2) is 0 Å². The van der Waals surface area contributed by atoms with Crippen molar-refractivity contribution in [1.29, 1.82) is 0 Å². The molecule has 118 valence electrons. The quantitative estimate of drug-likeness (QED) is 0.550. The Morgan fingerprint density at radius 3 is 1.88 bits per heavy atom. The first-order valence-electron chi connectivity index (χ1n) is 8.26. The molecule has 0 bridgehead atoms. The van der Waals surface area contributed by atoms with Crippen molar-refractivity contribution in [2.75, 3.05) is 0 Å². The molecular formula is C22H19OP. The Morgan fingerprint density at radius 1 is 0.708 bits per heavy atom. The predicted octanol–water partition coefficient (Wildman–Crippen LogP) is 5.86. The maximum absolute atomic E-state index is 14.4. The average Bonchev–Trinajstić information content (AvgIpc) is 3.02. The third-order valence-corrected chi connectivity index (χ3v) is 8.33. The first-order valence-corrected chi connectivity index (χ1v) is 10.0. The van der Waals surface area contributed by atoms with E-state index in [0.29, 0.717) is 0 Å². The molecule has 0 spiro atoms. The SMILES string of the molecule is O=[P@@]1(c2ccccc2)C(c2ccccc2)=CC[C@@H]1c1ccccc1. The summed E-state index contributed by atoms with van der Waals surface area (Å²) in [6.07, 6.45) is 3.00. The van der Waals surface area contributed by atoms with E-state index in [1.165, 1.54) is 0 Å². The molecule has 2 heteroatoms. The van der Waals surface area contributed by atoms with Crippen molar-refractivity contribution in [3.05, 3.63) is 108 Å². The molecule has 3 aromatic rings. The van der Waals surface area contributed by atoms with E-state index >= 15 is 0 Å². The lowest BCUT2D eigenvalue weighted by atomic mass is 10.1. The van der Waals surface area contributed by atoms with Crippen molar-refractivity contribution < 1.29 is 4.57 Å². The molecule has 0 N–H and O–H groups in total. The molecule has 1 aliphatic heterocycles. The summed E-state index contributed by atoms with van der Waals surface area (Å²) < 4.78 is 14.4. The van der Waals surface area contributed by atoms with Crippen LogP contribution in [-0.2, 0) is 4.57 Å². The fraction of sp³-hybridized carbons (Fsp3) is 0.0909. The highest BCUT2D eigenvalue weighted by Crippen LogP contribution is 2.72. The van der Waals surface area contributed by atoms with Gasteiger partial charge in [-0.3, -0.25) is 0 Å². The van der Waals surface area contributed by atoms with Crippen LogP contribution in [0.3, 0.4) is 0 Å². The van der Waals surface area contributed by atoms with E-state index in [2.05, 4.69) is 30.3 Å². The molecule has 1 nitrogen and oxygen atoms in total. The molecule has 0 saturated carbocycles. The van der Waals surface area contributed by atoms with E-state index in [4.69, 9.17) is 0 Å². The Hall–Kier alpha value is -2.37. The van der Waals surface area contributed by atoms with Crippen molar-refractivity contribution in [3.8, 4) is 0 Å². The molecule has 0 unspecified atom stereocenters. The fourth-order valence-electron chi connectivity index (χ4n) is 3.58. The standard InChI is InChI=1S/C22H19OP/c23-24(20-14-8-3-9-15-20)21(18-10-4-1-5-11-18)16-17-22(24)19-12-6-2-7-13-19/h1-16,22H,17H2/t22-,24+/m1/s1. The zero-order valence-electron chi connectivity index (χ0n) is 13.4. The second kappa shape index (κ2) is 6.26. The van der Waals surface area contributed by atoms with Crippen LogP contribution in [0.2, 0.25) is 0 Å². The van der Waals surface area contributed by atoms with Crippen LogP contribution in [0.5, 0.6) is 0 Å². The molecule has 0 aromatic heterocycles. The van der Waals surface area contributed by atoms with Crippen LogP contribution < -0.4 is 5.30 Å². The number of benzene rings is 3. The summed E-state index contributed by atoms with van der Waals surface area (Å²) in [6, 6.07) is 30.4. The largest absolute Gasteiger partial charge is 0.313 e. The van der Waals surface area contributed by atoms with Crippen molar-refractivity contribution in [2.45, 2.75) is 12.1 Å². The Labute approximate surface area is 143 Å². The monoisotopic (exact) mass is 330 g/mol. The Bertz CT molecular complexity index is 898. The van der Waals surface area contributed by atoms with Gasteiger partial charge in [0.25, 0.3) is 0 Å². The van der Waals surface area contributed by atoms with Gasteiger partial charge in [-0.25, -0.2) is 0 Å². The van der Waals surface area contributed by atoms with E-state index in [9.17, 15) is 4.57 Å². The van der Waals surface area contributed by atoms with E-state index in [-0.39, 0.29) is 5.66 Å². The van der Waals surface area contributed by atoms with Crippen LogP contribution in [0.1, 0.15) is 23.2 Å². The maximum atomic E-state index is 14.4. The molecule has 1 aliphatic rings. The second-order valence-electron chi connectivity index (χ2n) is 6.11. The van der Waals surface area contributed by atoms with Crippen molar-refractivity contribution in [2.24, 2.45) is 0 Å². The number of hydrogen-bond acceptors (Lipinski definition) is 1. The van der Waals surface area contributed by atoms with Gasteiger partial charge in [0.15, 0.2) is 7.14 Å². The summed E-state index contributed by atoms with van der Waals surface area (Å²) in [5, 5.41) is 1.95. The van der Waals surface area contributed by atoms with E-state index in [0.717, 1.165) is 28.2 Å². The highest BCUT2D eigenvalue weighted by molar-refractivity contribution is 7.81. The summed E-state index contributed by atoms with van der Waals surface area (Å²) >= 11 is 0. The minimum atomic E-state index is -2.73. The van der Waals surface area contributed by atoms with Gasteiger partial charge >= 0.3 is 0 Å². The zero-order chi connectivity index (χ0) is 16.4. The smallest absolute Gasteiger partial charge is 0.150 e. The van der Waals surface area contributed by atoms with Gasteiger partial charge in [-0.05, 0) is 17.5 Å². The van der Waals surface area contributed by atoms with Crippen molar-refractivity contribution in [3.63, 3.8) is 0 Å². The highest BCUT2D eigenvalue weighted by atomic mass is 31.2. The second-order valence-corrected chi connectivity index (χ2v) is 9.05. The van der Waals surface area contributed by atoms with Crippen LogP contribution >= 0.6 is 7.14 Å². The molecule has 0 amide bonds. The molecule has 2 atom stereocenters. The predicted molar refractivity (Wildman–Crippen MR) is 102 cm³/mol. The first-order chi connectivity index (χ1) is 11.8. The molecule has 4 rings (SSSR count). The Kier molecular flexibility index (Phi) is 3.96. The molecule has 1 heterocycles. The van der Waals surface area contributed by atoms with Crippen LogP contribution in [0.15, 0.2) is 97.1 Å². The van der Waals surface area contributed by atoms with Gasteiger partial charge in [-0.2, -0.15) is 0 Å². The van der Waals surface area contributed by atoms with Gasteiger partial charge < -0.3 is 4.57 Å². The van der Waals surface area contributed by atoms with Crippen LogP contribution in [0.4, 0.5) is 0 Å². The number of rotatable bonds is 3. The molecular weight excluding hydrogens is 311 g/mol. The van der Waals surface area contributed by atoms with Gasteiger partial charge in [0.1, 0.15) is 0 Å². The lowest BCUT2D eigenvalue weighted by Gasteiger charge is -2.25. The van der Waals surface area contributed by atoms with Crippen molar-refractivity contribution >= 4 is 17.8 Å². The minimum absolute atomic E-state index is 0.0244. The lowest BCUT2D eigenvalue weighted by Crippen LogP contribution is -2.09. The molecule has 24 heavy (non-hydrogen) atoms. The topological polar surface area (TPSA) is 17.1 Å². The zero-order valence-corrected chi connectivity index (χ0v) is 14.3. The van der Waals surface area contributed by atoms with Crippen LogP contribution in [0, 0.1) is 0 Å². The van der Waals surface area contributed by atoms with Gasteiger partial charge in [-0.1, -0.05) is 97.1 Å². The Morgan fingerprint density at radius 2 is 1.25 bits per heavy atom. The molecule has 0 aliphatic carbocycles. The van der Waals surface area contributed by atoms with Gasteiger partial charge in [0.05, 0.1) is 0 Å². The Balaban J connectivity index is 1.89. The number of hydrogen-bond donors (Lipinski definition) is 0. The number of allylic oxidation sites excluding steroid dienone is 1. The normalized spacial score (nSPS) is 23.0. The average molecular weight is 330 g/mol. The maximum Gasteiger partial charge on any atom is 0.150 e. The molecule has 0 radical (unpaired) electrons. The van der Waals surface area contributed by atoms with Gasteiger partial charge in [-0.15, -0.1) is 0 Å². The highest BCUT2D eigenvalue weighted by Gasteiger charge is 2.43. The summed E-state index contributed by atoms with van der Waals surface area (Å²) in [4.78, 5) is 0. The van der Waals surface area contributed by atoms with Gasteiger partial charge in [0, 0.05) is 16.3 Å². The fourth-order valence-corrected chi connectivity index (χ4v) is 7.08. The minimum Gasteiger partial charge on any atom is -0.313 e. The molecule has 3 aromatic carbocycles. The van der Waals surface area contributed by atoms with Crippen LogP contribution in [0.25, 0.3) is 5.31 Å². The summed E-state index contributed by atoms with van der Waals surface area (Å²) in [5.41, 5.74) is 2.26. The first kappa shape index (κ1) is 15.2. The van der Waals surface area contributed by atoms with Gasteiger partial charge in [0.2, 0.25) is 0 Å².